The third-order valence-corrected chi connectivity index (χ3v) is 3.80. The molecule has 1 aromatic heterocycles. The molecule has 0 radical (unpaired) electrons. The lowest BCUT2D eigenvalue weighted by Gasteiger charge is -2.04. The van der Waals surface area contributed by atoms with Crippen LogP contribution >= 0.6 is 0 Å². The monoisotopic (exact) mass is 341 g/mol. The zero-order valence-electron chi connectivity index (χ0n) is 15.0. The van der Waals surface area contributed by atoms with E-state index in [9.17, 15) is 9.59 Å². The van der Waals surface area contributed by atoms with Crippen molar-refractivity contribution in [1.29, 1.82) is 0 Å². The molecule has 0 bridgehead atoms. The molecule has 0 atom stereocenters. The molecule has 0 saturated carbocycles. The van der Waals surface area contributed by atoms with Crippen LogP contribution in [0.25, 0.3) is 6.08 Å². The van der Waals surface area contributed by atoms with Crippen LogP contribution in [0.15, 0.2) is 30.3 Å². The van der Waals surface area contributed by atoms with Crippen molar-refractivity contribution >= 4 is 23.6 Å². The van der Waals surface area contributed by atoms with Crippen LogP contribution in [0.2, 0.25) is 0 Å². The van der Waals surface area contributed by atoms with E-state index in [1.165, 1.54) is 6.08 Å². The molecule has 6 heteroatoms. The van der Waals surface area contributed by atoms with Gasteiger partial charge >= 0.3 is 5.97 Å². The maximum absolute atomic E-state index is 12.1. The van der Waals surface area contributed by atoms with Gasteiger partial charge in [-0.2, -0.15) is 5.10 Å². The van der Waals surface area contributed by atoms with Crippen molar-refractivity contribution in [3.8, 4) is 0 Å². The van der Waals surface area contributed by atoms with E-state index < -0.39 is 0 Å². The SMILES string of the molecule is CCOC(=O)c1ccc(NC(=O)C=Cc2c(C)nn(CC)c2C)cc1. The van der Waals surface area contributed by atoms with Gasteiger partial charge in [-0.25, -0.2) is 4.79 Å². The number of benzene rings is 1. The zero-order chi connectivity index (χ0) is 18.4. The summed E-state index contributed by atoms with van der Waals surface area (Å²) < 4.78 is 6.83. The lowest BCUT2D eigenvalue weighted by atomic mass is 10.2. The molecule has 2 aromatic rings. The standard InChI is InChI=1S/C19H23N3O3/c1-5-22-14(4)17(13(3)21-22)11-12-18(23)20-16-9-7-15(8-10-16)19(24)25-6-2/h7-12H,5-6H2,1-4H3,(H,20,23). The molecule has 0 fully saturated rings. The first-order valence-corrected chi connectivity index (χ1v) is 8.26. The zero-order valence-corrected chi connectivity index (χ0v) is 15.0. The number of esters is 1. The van der Waals surface area contributed by atoms with Crippen LogP contribution in [0.5, 0.6) is 0 Å². The minimum atomic E-state index is -0.376. The summed E-state index contributed by atoms with van der Waals surface area (Å²) in [5, 5.41) is 7.19. The number of aryl methyl sites for hydroxylation is 2. The third-order valence-electron chi connectivity index (χ3n) is 3.80. The minimum absolute atomic E-state index is 0.244. The summed E-state index contributed by atoms with van der Waals surface area (Å²) in [6, 6.07) is 6.58. The van der Waals surface area contributed by atoms with E-state index >= 15 is 0 Å². The number of carbonyl (C=O) groups is 2. The van der Waals surface area contributed by atoms with Crippen LogP contribution in [-0.2, 0) is 16.1 Å². The van der Waals surface area contributed by atoms with Gasteiger partial charge in [-0.15, -0.1) is 0 Å². The maximum atomic E-state index is 12.1. The smallest absolute Gasteiger partial charge is 0.338 e. The first kappa shape index (κ1) is 18.4. The average Bonchev–Trinajstić information content (AvgIpc) is 2.87. The van der Waals surface area contributed by atoms with Gasteiger partial charge in [-0.1, -0.05) is 0 Å². The molecular weight excluding hydrogens is 318 g/mol. The summed E-state index contributed by atoms with van der Waals surface area (Å²) >= 11 is 0. The Morgan fingerprint density at radius 3 is 2.44 bits per heavy atom. The summed E-state index contributed by atoms with van der Waals surface area (Å²) in [5.74, 6) is -0.619. The van der Waals surface area contributed by atoms with Crippen LogP contribution in [0, 0.1) is 13.8 Å². The number of anilines is 1. The molecule has 0 spiro atoms. The number of aromatic nitrogens is 2. The lowest BCUT2D eigenvalue weighted by molar-refractivity contribution is -0.111. The van der Waals surface area contributed by atoms with E-state index in [0.717, 1.165) is 23.5 Å². The van der Waals surface area contributed by atoms with Crippen LogP contribution in [0.4, 0.5) is 5.69 Å². The van der Waals surface area contributed by atoms with Crippen LogP contribution < -0.4 is 5.32 Å². The highest BCUT2D eigenvalue weighted by molar-refractivity contribution is 6.02. The number of hydrogen-bond donors (Lipinski definition) is 1. The second-order valence-electron chi connectivity index (χ2n) is 5.52. The fraction of sp³-hybridized carbons (Fsp3) is 0.316. The Bertz CT molecular complexity index is 789. The van der Waals surface area contributed by atoms with Crippen molar-refractivity contribution < 1.29 is 14.3 Å². The van der Waals surface area contributed by atoms with Gasteiger partial charge in [0.2, 0.25) is 5.91 Å². The van der Waals surface area contributed by atoms with Crippen molar-refractivity contribution in [2.45, 2.75) is 34.2 Å². The fourth-order valence-corrected chi connectivity index (χ4v) is 2.51. The molecule has 1 amide bonds. The van der Waals surface area contributed by atoms with Gasteiger partial charge in [0.15, 0.2) is 0 Å². The van der Waals surface area contributed by atoms with Crippen molar-refractivity contribution in [1.82, 2.24) is 9.78 Å². The maximum Gasteiger partial charge on any atom is 0.338 e. The summed E-state index contributed by atoms with van der Waals surface area (Å²) in [5.41, 5.74) is 3.94. The number of nitrogens with zero attached hydrogens (tertiary/aromatic N) is 2. The quantitative estimate of drug-likeness (QED) is 0.646. The van der Waals surface area contributed by atoms with E-state index in [2.05, 4.69) is 10.4 Å². The molecule has 0 aliphatic heterocycles. The topological polar surface area (TPSA) is 73.2 Å². The van der Waals surface area contributed by atoms with Gasteiger partial charge < -0.3 is 10.1 Å². The predicted octanol–water partition coefficient (Wildman–Crippen LogP) is 3.35. The van der Waals surface area contributed by atoms with Crippen LogP contribution in [0.3, 0.4) is 0 Å². The Hall–Kier alpha value is -2.89. The molecule has 0 saturated heterocycles. The first-order chi connectivity index (χ1) is 12.0. The van der Waals surface area contributed by atoms with Gasteiger partial charge in [0.05, 0.1) is 17.9 Å². The molecule has 1 aromatic carbocycles. The molecule has 2 rings (SSSR count). The largest absolute Gasteiger partial charge is 0.462 e. The molecule has 132 valence electrons. The second kappa shape index (κ2) is 8.28. The van der Waals surface area contributed by atoms with Gasteiger partial charge in [-0.05, 0) is 58.0 Å². The van der Waals surface area contributed by atoms with E-state index in [-0.39, 0.29) is 11.9 Å². The minimum Gasteiger partial charge on any atom is -0.462 e. The molecule has 1 heterocycles. The second-order valence-corrected chi connectivity index (χ2v) is 5.52. The predicted molar refractivity (Wildman–Crippen MR) is 97.4 cm³/mol. The van der Waals surface area contributed by atoms with Gasteiger partial charge in [-0.3, -0.25) is 9.48 Å². The molecular formula is C19H23N3O3. The van der Waals surface area contributed by atoms with Crippen molar-refractivity contribution in [2.24, 2.45) is 0 Å². The number of ether oxygens (including phenoxy) is 1. The number of nitrogens with one attached hydrogen (secondary N) is 1. The summed E-state index contributed by atoms with van der Waals surface area (Å²) in [6.07, 6.45) is 3.25. The lowest BCUT2D eigenvalue weighted by Crippen LogP contribution is -2.09. The Balaban J connectivity index is 2.03. The van der Waals surface area contributed by atoms with E-state index in [0.29, 0.717) is 17.9 Å². The van der Waals surface area contributed by atoms with E-state index in [4.69, 9.17) is 4.74 Å². The van der Waals surface area contributed by atoms with Gasteiger partial charge in [0.25, 0.3) is 0 Å². The number of amides is 1. The highest BCUT2D eigenvalue weighted by atomic mass is 16.5. The number of rotatable bonds is 6. The highest BCUT2D eigenvalue weighted by Crippen LogP contribution is 2.15. The Labute approximate surface area is 147 Å². The Kier molecular flexibility index (Phi) is 6.11. The summed E-state index contributed by atoms with van der Waals surface area (Å²) in [6.45, 7) is 8.81. The number of hydrogen-bond acceptors (Lipinski definition) is 4. The first-order valence-electron chi connectivity index (χ1n) is 8.26. The summed E-state index contributed by atoms with van der Waals surface area (Å²) in [7, 11) is 0. The third kappa shape index (κ3) is 4.56. The molecule has 0 unspecified atom stereocenters. The van der Waals surface area contributed by atoms with Gasteiger partial charge in [0.1, 0.15) is 0 Å². The van der Waals surface area contributed by atoms with Crippen LogP contribution in [-0.4, -0.2) is 28.3 Å². The summed E-state index contributed by atoms with van der Waals surface area (Å²) in [4.78, 5) is 23.7. The Morgan fingerprint density at radius 1 is 1.20 bits per heavy atom. The number of carbonyl (C=O) groups excluding carboxylic acids is 2. The Morgan fingerprint density at radius 2 is 1.88 bits per heavy atom. The molecule has 0 aliphatic rings. The normalized spacial score (nSPS) is 10.9. The molecule has 25 heavy (non-hydrogen) atoms. The van der Waals surface area contributed by atoms with E-state index in [1.807, 2.05) is 25.5 Å². The average molecular weight is 341 g/mol. The van der Waals surface area contributed by atoms with Crippen molar-refractivity contribution in [3.05, 3.63) is 52.9 Å². The molecule has 6 nitrogen and oxygen atoms in total. The molecule has 0 aliphatic carbocycles. The van der Waals surface area contributed by atoms with E-state index in [1.54, 1.807) is 37.3 Å². The van der Waals surface area contributed by atoms with Crippen LogP contribution in [0.1, 0.15) is 41.2 Å². The molecule has 1 N–H and O–H groups in total. The van der Waals surface area contributed by atoms with Gasteiger partial charge in [0, 0.05) is 29.6 Å². The highest BCUT2D eigenvalue weighted by Gasteiger charge is 2.09. The van der Waals surface area contributed by atoms with Crippen molar-refractivity contribution in [3.63, 3.8) is 0 Å². The van der Waals surface area contributed by atoms with Crippen molar-refractivity contribution in [2.75, 3.05) is 11.9 Å². The fourth-order valence-electron chi connectivity index (χ4n) is 2.51.